The Morgan fingerprint density at radius 1 is 1.50 bits per heavy atom. The summed E-state index contributed by atoms with van der Waals surface area (Å²) < 4.78 is 5.32. The minimum atomic E-state index is 0.759. The molecule has 4 nitrogen and oxygen atoms in total. The van der Waals surface area contributed by atoms with Gasteiger partial charge >= 0.3 is 0 Å². The highest BCUT2D eigenvalue weighted by Gasteiger charge is 2.06. The highest BCUT2D eigenvalue weighted by molar-refractivity contribution is 7.13. The van der Waals surface area contributed by atoms with Crippen molar-refractivity contribution in [2.24, 2.45) is 0 Å². The lowest BCUT2D eigenvalue weighted by Crippen LogP contribution is -2.22. The van der Waals surface area contributed by atoms with Crippen LogP contribution in [0.3, 0.4) is 0 Å². The molecule has 1 rings (SSSR count). The third-order valence-corrected chi connectivity index (χ3v) is 3.20. The molecule has 5 heteroatoms. The number of nitrogens with one attached hydrogen (secondary N) is 1. The van der Waals surface area contributed by atoms with Gasteiger partial charge in [0.25, 0.3) is 0 Å². The Hall–Kier alpha value is -0.650. The van der Waals surface area contributed by atoms with Gasteiger partial charge in [-0.3, -0.25) is 0 Å². The van der Waals surface area contributed by atoms with Crippen molar-refractivity contribution in [1.82, 2.24) is 10.3 Å². The third-order valence-electron chi connectivity index (χ3n) is 2.20. The second-order valence-electron chi connectivity index (χ2n) is 3.52. The normalized spacial score (nSPS) is 10.7. The smallest absolute Gasteiger partial charge is 0.185 e. The predicted molar refractivity (Wildman–Crippen MR) is 69.3 cm³/mol. The second kappa shape index (κ2) is 7.60. The lowest BCUT2D eigenvalue weighted by Gasteiger charge is -2.14. The molecule has 0 saturated heterocycles. The Bertz CT molecular complexity index is 291. The molecule has 16 heavy (non-hydrogen) atoms. The van der Waals surface area contributed by atoms with Crippen LogP contribution < -0.4 is 10.2 Å². The number of hydrogen-bond acceptors (Lipinski definition) is 5. The first-order chi connectivity index (χ1) is 7.77. The first kappa shape index (κ1) is 13.4. The summed E-state index contributed by atoms with van der Waals surface area (Å²) in [5, 5.41) is 6.44. The van der Waals surface area contributed by atoms with Crippen LogP contribution in [0.5, 0.6) is 0 Å². The van der Waals surface area contributed by atoms with Crippen LogP contribution in [0.2, 0.25) is 0 Å². The fraction of sp³-hybridized carbons (Fsp3) is 0.727. The Labute approximate surface area is 102 Å². The van der Waals surface area contributed by atoms with Crippen LogP contribution in [-0.2, 0) is 11.3 Å². The van der Waals surface area contributed by atoms with Crippen LogP contribution in [-0.4, -0.2) is 38.3 Å². The summed E-state index contributed by atoms with van der Waals surface area (Å²) >= 11 is 1.69. The van der Waals surface area contributed by atoms with Crippen molar-refractivity contribution in [3.05, 3.63) is 11.1 Å². The molecule has 0 fully saturated rings. The van der Waals surface area contributed by atoms with E-state index in [4.69, 9.17) is 4.74 Å². The fourth-order valence-corrected chi connectivity index (χ4v) is 2.07. The van der Waals surface area contributed by atoms with Gasteiger partial charge in [-0.15, -0.1) is 11.3 Å². The Kier molecular flexibility index (Phi) is 6.37. The molecular formula is C11H21N3OS. The van der Waals surface area contributed by atoms with Crippen LogP contribution in [0.25, 0.3) is 0 Å². The van der Waals surface area contributed by atoms with Crippen LogP contribution in [0, 0.1) is 0 Å². The van der Waals surface area contributed by atoms with Gasteiger partial charge in [0, 0.05) is 32.1 Å². The van der Waals surface area contributed by atoms with E-state index in [0.717, 1.165) is 43.7 Å². The number of likely N-dealkylation sites (N-methyl/N-ethyl adjacent to an activating group) is 1. The van der Waals surface area contributed by atoms with Crippen LogP contribution in [0.1, 0.15) is 19.5 Å². The van der Waals surface area contributed by atoms with E-state index in [0.29, 0.717) is 0 Å². The molecule has 0 atom stereocenters. The summed E-state index contributed by atoms with van der Waals surface area (Å²) in [6.45, 7) is 8.37. The summed E-state index contributed by atoms with van der Waals surface area (Å²) in [6.07, 6.45) is 0. The summed E-state index contributed by atoms with van der Waals surface area (Å²) in [5.41, 5.74) is 1.12. The first-order valence-electron chi connectivity index (χ1n) is 5.71. The van der Waals surface area contributed by atoms with Crippen LogP contribution in [0.15, 0.2) is 5.38 Å². The molecule has 1 aromatic heterocycles. The van der Waals surface area contributed by atoms with Gasteiger partial charge in [-0.05, 0) is 13.5 Å². The van der Waals surface area contributed by atoms with Gasteiger partial charge in [-0.2, -0.15) is 0 Å². The zero-order chi connectivity index (χ0) is 11.8. The number of aromatic nitrogens is 1. The molecule has 0 saturated carbocycles. The van der Waals surface area contributed by atoms with Crippen LogP contribution >= 0.6 is 11.3 Å². The number of hydrogen-bond donors (Lipinski definition) is 1. The standard InChI is InChI=1S/C11H21N3OS/c1-4-12-8-10-9-16-11(13-10)14(3)6-7-15-5-2/h9,12H,4-8H2,1-3H3. The fourth-order valence-electron chi connectivity index (χ4n) is 1.25. The number of anilines is 1. The van der Waals surface area contributed by atoms with E-state index < -0.39 is 0 Å². The zero-order valence-electron chi connectivity index (χ0n) is 10.3. The minimum absolute atomic E-state index is 0.759. The maximum absolute atomic E-state index is 5.32. The van der Waals surface area contributed by atoms with Gasteiger partial charge in [-0.1, -0.05) is 6.92 Å². The molecule has 0 aliphatic heterocycles. The topological polar surface area (TPSA) is 37.4 Å². The monoisotopic (exact) mass is 243 g/mol. The average molecular weight is 243 g/mol. The van der Waals surface area contributed by atoms with E-state index in [-0.39, 0.29) is 0 Å². The minimum Gasteiger partial charge on any atom is -0.380 e. The molecule has 0 aliphatic carbocycles. The van der Waals surface area contributed by atoms with E-state index in [1.54, 1.807) is 11.3 Å². The van der Waals surface area contributed by atoms with Crippen molar-refractivity contribution in [3.63, 3.8) is 0 Å². The van der Waals surface area contributed by atoms with E-state index >= 15 is 0 Å². The lowest BCUT2D eigenvalue weighted by molar-refractivity contribution is 0.154. The Morgan fingerprint density at radius 2 is 2.31 bits per heavy atom. The van der Waals surface area contributed by atoms with Crippen LogP contribution in [0.4, 0.5) is 5.13 Å². The highest BCUT2D eigenvalue weighted by Crippen LogP contribution is 2.18. The van der Waals surface area contributed by atoms with Gasteiger partial charge in [0.1, 0.15) is 0 Å². The SMILES string of the molecule is CCNCc1csc(N(C)CCOCC)n1. The lowest BCUT2D eigenvalue weighted by atomic mass is 10.5. The third kappa shape index (κ3) is 4.47. The summed E-state index contributed by atoms with van der Waals surface area (Å²) in [4.78, 5) is 6.69. The molecule has 0 unspecified atom stereocenters. The number of nitrogens with zero attached hydrogens (tertiary/aromatic N) is 2. The number of thiazole rings is 1. The van der Waals surface area contributed by atoms with Gasteiger partial charge in [0.2, 0.25) is 0 Å². The van der Waals surface area contributed by atoms with Gasteiger partial charge in [0.15, 0.2) is 5.13 Å². The highest BCUT2D eigenvalue weighted by atomic mass is 32.1. The number of ether oxygens (including phenoxy) is 1. The summed E-state index contributed by atoms with van der Waals surface area (Å²) in [7, 11) is 2.05. The maximum atomic E-state index is 5.32. The van der Waals surface area contributed by atoms with E-state index in [1.807, 2.05) is 6.92 Å². The van der Waals surface area contributed by atoms with E-state index in [2.05, 4.69) is 34.6 Å². The molecule has 0 radical (unpaired) electrons. The molecule has 92 valence electrons. The Morgan fingerprint density at radius 3 is 3.00 bits per heavy atom. The van der Waals surface area contributed by atoms with Crippen molar-refractivity contribution in [2.45, 2.75) is 20.4 Å². The molecule has 1 aromatic rings. The van der Waals surface area contributed by atoms with Gasteiger partial charge < -0.3 is 15.0 Å². The average Bonchev–Trinajstić information content (AvgIpc) is 2.75. The van der Waals surface area contributed by atoms with Gasteiger partial charge in [-0.25, -0.2) is 4.98 Å². The molecule has 0 spiro atoms. The van der Waals surface area contributed by atoms with E-state index in [9.17, 15) is 0 Å². The molecule has 0 aliphatic rings. The van der Waals surface area contributed by atoms with Gasteiger partial charge in [0.05, 0.1) is 12.3 Å². The molecule has 1 N–H and O–H groups in total. The predicted octanol–water partition coefficient (Wildman–Crippen LogP) is 1.73. The largest absolute Gasteiger partial charge is 0.380 e. The molecule has 1 heterocycles. The second-order valence-corrected chi connectivity index (χ2v) is 4.36. The van der Waals surface area contributed by atoms with Crippen molar-refractivity contribution in [2.75, 3.05) is 38.3 Å². The Balaban J connectivity index is 2.37. The molecular weight excluding hydrogens is 222 g/mol. The van der Waals surface area contributed by atoms with Crippen molar-refractivity contribution < 1.29 is 4.74 Å². The van der Waals surface area contributed by atoms with E-state index in [1.165, 1.54) is 0 Å². The molecule has 0 aromatic carbocycles. The summed E-state index contributed by atoms with van der Waals surface area (Å²) in [5.74, 6) is 0. The van der Waals surface area contributed by atoms with Crippen molar-refractivity contribution in [3.8, 4) is 0 Å². The first-order valence-corrected chi connectivity index (χ1v) is 6.59. The molecule has 0 amide bonds. The zero-order valence-corrected chi connectivity index (χ0v) is 11.1. The maximum Gasteiger partial charge on any atom is 0.185 e. The summed E-state index contributed by atoms with van der Waals surface area (Å²) in [6, 6.07) is 0. The van der Waals surface area contributed by atoms with Crippen molar-refractivity contribution in [1.29, 1.82) is 0 Å². The van der Waals surface area contributed by atoms with Crippen molar-refractivity contribution >= 4 is 16.5 Å². The number of rotatable bonds is 8. The quantitative estimate of drug-likeness (QED) is 0.706. The molecule has 0 bridgehead atoms.